The summed E-state index contributed by atoms with van der Waals surface area (Å²) in [6, 6.07) is 17.0. The van der Waals surface area contributed by atoms with Crippen LogP contribution in [0.4, 0.5) is 0 Å². The Hall–Kier alpha value is -2.63. The van der Waals surface area contributed by atoms with Gasteiger partial charge in [-0.15, -0.1) is 0 Å². The van der Waals surface area contributed by atoms with Gasteiger partial charge in [-0.05, 0) is 34.5 Å². The van der Waals surface area contributed by atoms with E-state index in [2.05, 4.69) is 5.32 Å². The van der Waals surface area contributed by atoms with Crippen LogP contribution in [0.15, 0.2) is 59.0 Å². The molecule has 0 bridgehead atoms. The van der Waals surface area contributed by atoms with Crippen molar-refractivity contribution in [1.82, 2.24) is 5.32 Å². The lowest BCUT2D eigenvalue weighted by atomic mass is 10.0. The van der Waals surface area contributed by atoms with Gasteiger partial charge in [-0.25, -0.2) is 0 Å². The highest BCUT2D eigenvalue weighted by molar-refractivity contribution is 5.91. The van der Waals surface area contributed by atoms with E-state index in [0.717, 1.165) is 16.3 Å². The maximum Gasteiger partial charge on any atom is 0.287 e. The van der Waals surface area contributed by atoms with Crippen LogP contribution in [-0.2, 0) is 11.3 Å². The van der Waals surface area contributed by atoms with Crippen LogP contribution in [0.5, 0.6) is 0 Å². The number of carbonyl (C=O) groups is 1. The lowest BCUT2D eigenvalue weighted by Crippen LogP contribution is -2.28. The third-order valence-corrected chi connectivity index (χ3v) is 3.79. The first-order valence-corrected chi connectivity index (χ1v) is 7.70. The number of hydrogen-bond donors (Lipinski definition) is 2. The van der Waals surface area contributed by atoms with E-state index in [1.807, 2.05) is 42.5 Å². The summed E-state index contributed by atoms with van der Waals surface area (Å²) in [5, 5.41) is 15.1. The van der Waals surface area contributed by atoms with E-state index in [1.54, 1.807) is 19.2 Å². The van der Waals surface area contributed by atoms with Gasteiger partial charge in [0, 0.05) is 13.7 Å². The molecule has 1 atom stereocenters. The van der Waals surface area contributed by atoms with Crippen LogP contribution in [0.3, 0.4) is 0 Å². The molecule has 0 spiro atoms. The predicted octanol–water partition coefficient (Wildman–Crippen LogP) is 3.04. The van der Waals surface area contributed by atoms with Gasteiger partial charge >= 0.3 is 0 Å². The molecule has 124 valence electrons. The maximum absolute atomic E-state index is 12.1. The zero-order valence-corrected chi connectivity index (χ0v) is 13.4. The normalized spacial score (nSPS) is 12.2. The van der Waals surface area contributed by atoms with Crippen molar-refractivity contribution in [1.29, 1.82) is 0 Å². The molecule has 0 radical (unpaired) electrons. The van der Waals surface area contributed by atoms with E-state index in [4.69, 9.17) is 9.15 Å². The standard InChI is InChI=1S/C19H19NO4/c1-23-12-16-8-9-18(24-16)19(22)20-11-17(21)15-7-6-13-4-2-3-5-14(13)10-15/h2-10,17,21H,11-12H2,1H3,(H,20,22). The molecule has 5 nitrogen and oxygen atoms in total. The van der Waals surface area contributed by atoms with Gasteiger partial charge < -0.3 is 19.6 Å². The Kier molecular flexibility index (Phi) is 4.93. The molecular weight excluding hydrogens is 306 g/mol. The van der Waals surface area contributed by atoms with Gasteiger partial charge in [0.25, 0.3) is 5.91 Å². The molecule has 0 aliphatic heterocycles. The largest absolute Gasteiger partial charge is 0.453 e. The fourth-order valence-electron chi connectivity index (χ4n) is 2.53. The lowest BCUT2D eigenvalue weighted by Gasteiger charge is -2.12. The Morgan fingerprint density at radius 3 is 2.75 bits per heavy atom. The molecule has 1 amide bonds. The molecule has 3 aromatic rings. The first kappa shape index (κ1) is 16.2. The smallest absolute Gasteiger partial charge is 0.287 e. The van der Waals surface area contributed by atoms with Crippen LogP contribution in [-0.4, -0.2) is 24.7 Å². The highest BCUT2D eigenvalue weighted by atomic mass is 16.5. The molecule has 0 aliphatic rings. The summed E-state index contributed by atoms with van der Waals surface area (Å²) in [6.45, 7) is 0.421. The number of rotatable bonds is 6. The summed E-state index contributed by atoms with van der Waals surface area (Å²) in [5.74, 6) is 0.419. The Morgan fingerprint density at radius 2 is 1.96 bits per heavy atom. The molecule has 0 fully saturated rings. The van der Waals surface area contributed by atoms with Crippen molar-refractivity contribution < 1.29 is 19.1 Å². The number of carbonyl (C=O) groups excluding carboxylic acids is 1. The number of nitrogens with one attached hydrogen (secondary N) is 1. The molecule has 2 N–H and O–H groups in total. The third kappa shape index (κ3) is 3.64. The van der Waals surface area contributed by atoms with Crippen molar-refractivity contribution in [2.45, 2.75) is 12.7 Å². The molecule has 0 saturated heterocycles. The van der Waals surface area contributed by atoms with Crippen LogP contribution >= 0.6 is 0 Å². The summed E-state index contributed by atoms with van der Waals surface area (Å²) in [7, 11) is 1.56. The molecule has 1 heterocycles. The summed E-state index contributed by atoms with van der Waals surface area (Å²) in [5.41, 5.74) is 0.758. The third-order valence-electron chi connectivity index (χ3n) is 3.79. The zero-order valence-electron chi connectivity index (χ0n) is 13.4. The highest BCUT2D eigenvalue weighted by Gasteiger charge is 2.14. The summed E-state index contributed by atoms with van der Waals surface area (Å²) >= 11 is 0. The molecule has 1 aromatic heterocycles. The minimum Gasteiger partial charge on any atom is -0.453 e. The second-order valence-corrected chi connectivity index (χ2v) is 5.53. The zero-order chi connectivity index (χ0) is 16.9. The van der Waals surface area contributed by atoms with Crippen molar-refractivity contribution >= 4 is 16.7 Å². The van der Waals surface area contributed by atoms with Crippen molar-refractivity contribution in [3.05, 3.63) is 71.7 Å². The number of benzene rings is 2. The minimum absolute atomic E-state index is 0.109. The van der Waals surface area contributed by atoms with Gasteiger partial charge in [0.1, 0.15) is 12.4 Å². The van der Waals surface area contributed by atoms with Crippen LogP contribution in [0.2, 0.25) is 0 Å². The molecule has 1 unspecified atom stereocenters. The fourth-order valence-corrected chi connectivity index (χ4v) is 2.53. The first-order chi connectivity index (χ1) is 11.7. The average molecular weight is 325 g/mol. The van der Waals surface area contributed by atoms with E-state index in [-0.39, 0.29) is 18.2 Å². The van der Waals surface area contributed by atoms with E-state index in [0.29, 0.717) is 12.4 Å². The summed E-state index contributed by atoms with van der Waals surface area (Å²) in [6.07, 6.45) is -0.785. The van der Waals surface area contributed by atoms with Crippen molar-refractivity contribution in [2.75, 3.05) is 13.7 Å². The number of furan rings is 1. The molecule has 2 aromatic carbocycles. The number of methoxy groups -OCH3 is 1. The average Bonchev–Trinajstić information content (AvgIpc) is 3.08. The molecule has 24 heavy (non-hydrogen) atoms. The van der Waals surface area contributed by atoms with Gasteiger partial charge in [0.05, 0.1) is 6.10 Å². The van der Waals surface area contributed by atoms with Gasteiger partial charge in [-0.2, -0.15) is 0 Å². The van der Waals surface area contributed by atoms with Crippen LogP contribution in [0.1, 0.15) is 28.0 Å². The molecular formula is C19H19NO4. The Bertz CT molecular complexity index is 840. The van der Waals surface area contributed by atoms with Crippen LogP contribution < -0.4 is 5.32 Å². The summed E-state index contributed by atoms with van der Waals surface area (Å²) < 4.78 is 10.3. The van der Waals surface area contributed by atoms with Crippen molar-refractivity contribution in [3.8, 4) is 0 Å². The Morgan fingerprint density at radius 1 is 1.17 bits per heavy atom. The monoisotopic (exact) mass is 325 g/mol. The quantitative estimate of drug-likeness (QED) is 0.731. The van der Waals surface area contributed by atoms with Crippen molar-refractivity contribution in [2.24, 2.45) is 0 Å². The van der Waals surface area contributed by atoms with Gasteiger partial charge in [0.15, 0.2) is 5.76 Å². The van der Waals surface area contributed by atoms with E-state index >= 15 is 0 Å². The second kappa shape index (κ2) is 7.29. The first-order valence-electron chi connectivity index (χ1n) is 7.70. The van der Waals surface area contributed by atoms with Crippen LogP contribution in [0.25, 0.3) is 10.8 Å². The summed E-state index contributed by atoms with van der Waals surface area (Å²) in [4.78, 5) is 12.1. The van der Waals surface area contributed by atoms with Crippen molar-refractivity contribution in [3.63, 3.8) is 0 Å². The number of amides is 1. The lowest BCUT2D eigenvalue weighted by molar-refractivity contribution is 0.0881. The number of hydrogen-bond acceptors (Lipinski definition) is 4. The topological polar surface area (TPSA) is 71.7 Å². The number of aliphatic hydroxyl groups is 1. The molecule has 0 aliphatic carbocycles. The van der Waals surface area contributed by atoms with E-state index in [1.165, 1.54) is 0 Å². The van der Waals surface area contributed by atoms with Crippen LogP contribution in [0, 0.1) is 0 Å². The fraction of sp³-hybridized carbons (Fsp3) is 0.211. The number of aliphatic hydroxyl groups excluding tert-OH is 1. The van der Waals surface area contributed by atoms with Gasteiger partial charge in [-0.1, -0.05) is 36.4 Å². The SMILES string of the molecule is COCc1ccc(C(=O)NCC(O)c2ccc3ccccc3c2)o1. The predicted molar refractivity (Wildman–Crippen MR) is 90.7 cm³/mol. The Labute approximate surface area is 139 Å². The number of ether oxygens (including phenoxy) is 1. The van der Waals surface area contributed by atoms with E-state index in [9.17, 15) is 9.90 Å². The van der Waals surface area contributed by atoms with E-state index < -0.39 is 6.10 Å². The second-order valence-electron chi connectivity index (χ2n) is 5.53. The maximum atomic E-state index is 12.1. The van der Waals surface area contributed by atoms with Gasteiger partial charge in [0.2, 0.25) is 0 Å². The minimum atomic E-state index is -0.785. The Balaban J connectivity index is 1.62. The van der Waals surface area contributed by atoms with Gasteiger partial charge in [-0.3, -0.25) is 4.79 Å². The number of fused-ring (bicyclic) bond motifs is 1. The highest BCUT2D eigenvalue weighted by Crippen LogP contribution is 2.20. The molecule has 5 heteroatoms. The molecule has 0 saturated carbocycles. The molecule has 3 rings (SSSR count).